The summed E-state index contributed by atoms with van der Waals surface area (Å²) in [7, 11) is 2.14. The van der Waals surface area contributed by atoms with Crippen LogP contribution in [0.25, 0.3) is 0 Å². The van der Waals surface area contributed by atoms with Crippen molar-refractivity contribution in [3.05, 3.63) is 10.6 Å². The molecule has 1 aromatic heterocycles. The molecule has 0 aliphatic rings. The molecule has 0 aliphatic heterocycles. The van der Waals surface area contributed by atoms with Crippen molar-refractivity contribution in [3.8, 4) is 0 Å². The first-order chi connectivity index (χ1) is 8.54. The highest BCUT2D eigenvalue weighted by molar-refractivity contribution is 7.15. The molecular weight excluding hydrogens is 242 g/mol. The van der Waals surface area contributed by atoms with Gasteiger partial charge in [0.2, 0.25) is 0 Å². The fourth-order valence-corrected chi connectivity index (χ4v) is 2.72. The molecule has 104 valence electrons. The number of unbranched alkanes of at least 4 members (excludes halogenated alkanes) is 1. The highest BCUT2D eigenvalue weighted by Gasteiger charge is 2.10. The number of aromatic nitrogens is 1. The summed E-state index contributed by atoms with van der Waals surface area (Å²) in [6.45, 7) is 11.9. The molecule has 1 N–H and O–H groups in total. The van der Waals surface area contributed by atoms with E-state index in [1.54, 1.807) is 0 Å². The second-order valence-corrected chi connectivity index (χ2v) is 6.37. The maximum absolute atomic E-state index is 4.67. The first kappa shape index (κ1) is 15.4. The van der Waals surface area contributed by atoms with E-state index >= 15 is 0 Å². The maximum atomic E-state index is 4.67. The van der Waals surface area contributed by atoms with E-state index in [1.807, 2.05) is 11.3 Å². The molecule has 0 amide bonds. The van der Waals surface area contributed by atoms with Crippen molar-refractivity contribution in [2.24, 2.45) is 5.92 Å². The van der Waals surface area contributed by atoms with Crippen LogP contribution in [0.4, 0.5) is 5.13 Å². The molecule has 0 fully saturated rings. The van der Waals surface area contributed by atoms with Crippen molar-refractivity contribution in [3.63, 3.8) is 0 Å². The van der Waals surface area contributed by atoms with Gasteiger partial charge in [-0.3, -0.25) is 0 Å². The number of hydrogen-bond acceptors (Lipinski definition) is 4. The summed E-state index contributed by atoms with van der Waals surface area (Å²) in [5.74, 6) is 0.699. The Morgan fingerprint density at radius 1 is 1.39 bits per heavy atom. The van der Waals surface area contributed by atoms with Gasteiger partial charge in [-0.1, -0.05) is 27.2 Å². The minimum absolute atomic E-state index is 0.699. The molecule has 1 aromatic rings. The quantitative estimate of drug-likeness (QED) is 0.783. The standard InChI is InChI=1S/C14H27N3S/c1-6-7-8-17(5)14-16-12(4)13(18-14)10-15-9-11(2)3/h11,15H,6-10H2,1-5H3. The lowest BCUT2D eigenvalue weighted by molar-refractivity contribution is 0.554. The first-order valence-corrected chi connectivity index (χ1v) is 7.74. The fraction of sp³-hybridized carbons (Fsp3) is 0.786. The van der Waals surface area contributed by atoms with Gasteiger partial charge in [-0.15, -0.1) is 11.3 Å². The number of aryl methyl sites for hydroxylation is 1. The van der Waals surface area contributed by atoms with E-state index in [-0.39, 0.29) is 0 Å². The van der Waals surface area contributed by atoms with Gasteiger partial charge in [0.15, 0.2) is 5.13 Å². The predicted molar refractivity (Wildman–Crippen MR) is 81.6 cm³/mol. The average Bonchev–Trinajstić information content (AvgIpc) is 2.67. The second kappa shape index (κ2) is 7.74. The number of rotatable bonds is 8. The summed E-state index contributed by atoms with van der Waals surface area (Å²) < 4.78 is 0. The van der Waals surface area contributed by atoms with Crippen LogP contribution in [0.1, 0.15) is 44.2 Å². The fourth-order valence-electron chi connectivity index (χ4n) is 1.71. The van der Waals surface area contributed by atoms with Gasteiger partial charge >= 0.3 is 0 Å². The van der Waals surface area contributed by atoms with Crippen LogP contribution in [-0.2, 0) is 6.54 Å². The van der Waals surface area contributed by atoms with E-state index in [2.05, 4.69) is 49.9 Å². The zero-order chi connectivity index (χ0) is 13.5. The van der Waals surface area contributed by atoms with Gasteiger partial charge in [0.1, 0.15) is 0 Å². The minimum Gasteiger partial charge on any atom is -0.351 e. The number of nitrogens with one attached hydrogen (secondary N) is 1. The van der Waals surface area contributed by atoms with Gasteiger partial charge in [-0.25, -0.2) is 4.98 Å². The Hall–Kier alpha value is -0.610. The molecule has 0 aromatic carbocycles. The summed E-state index contributed by atoms with van der Waals surface area (Å²) in [5, 5.41) is 4.64. The highest BCUT2D eigenvalue weighted by Crippen LogP contribution is 2.25. The molecule has 4 heteroatoms. The third-order valence-electron chi connectivity index (χ3n) is 2.89. The molecule has 3 nitrogen and oxygen atoms in total. The number of hydrogen-bond donors (Lipinski definition) is 1. The van der Waals surface area contributed by atoms with E-state index in [9.17, 15) is 0 Å². The molecular formula is C14H27N3S. The maximum Gasteiger partial charge on any atom is 0.185 e. The molecule has 0 radical (unpaired) electrons. The smallest absolute Gasteiger partial charge is 0.185 e. The average molecular weight is 269 g/mol. The molecule has 0 atom stereocenters. The number of anilines is 1. The van der Waals surface area contributed by atoms with E-state index in [0.29, 0.717) is 5.92 Å². The Morgan fingerprint density at radius 3 is 2.72 bits per heavy atom. The lowest BCUT2D eigenvalue weighted by atomic mass is 10.2. The Bertz CT molecular complexity index is 347. The van der Waals surface area contributed by atoms with Crippen molar-refractivity contribution in [2.45, 2.75) is 47.1 Å². The summed E-state index contributed by atoms with van der Waals surface area (Å²) in [6, 6.07) is 0. The van der Waals surface area contributed by atoms with Crippen molar-refractivity contribution in [1.82, 2.24) is 10.3 Å². The number of thiazole rings is 1. The van der Waals surface area contributed by atoms with Crippen molar-refractivity contribution in [2.75, 3.05) is 25.0 Å². The van der Waals surface area contributed by atoms with Crippen LogP contribution in [0, 0.1) is 12.8 Å². The minimum atomic E-state index is 0.699. The SMILES string of the molecule is CCCCN(C)c1nc(C)c(CNCC(C)C)s1. The van der Waals surface area contributed by atoms with Crippen molar-refractivity contribution in [1.29, 1.82) is 0 Å². The van der Waals surface area contributed by atoms with Gasteiger partial charge in [-0.05, 0) is 25.8 Å². The van der Waals surface area contributed by atoms with Gasteiger partial charge in [0.05, 0.1) is 5.69 Å². The third-order valence-corrected chi connectivity index (χ3v) is 4.16. The van der Waals surface area contributed by atoms with Crippen molar-refractivity contribution >= 4 is 16.5 Å². The third kappa shape index (κ3) is 4.94. The van der Waals surface area contributed by atoms with Crippen LogP contribution in [0.15, 0.2) is 0 Å². The summed E-state index contributed by atoms with van der Waals surface area (Å²) >= 11 is 1.82. The van der Waals surface area contributed by atoms with Crippen LogP contribution < -0.4 is 10.2 Å². The monoisotopic (exact) mass is 269 g/mol. The topological polar surface area (TPSA) is 28.2 Å². The number of nitrogens with zero attached hydrogens (tertiary/aromatic N) is 2. The van der Waals surface area contributed by atoms with Crippen LogP contribution >= 0.6 is 11.3 Å². The second-order valence-electron chi connectivity index (χ2n) is 5.30. The molecule has 0 spiro atoms. The largest absolute Gasteiger partial charge is 0.351 e. The van der Waals surface area contributed by atoms with E-state index in [0.717, 1.165) is 24.8 Å². The molecule has 0 saturated carbocycles. The van der Waals surface area contributed by atoms with Crippen LogP contribution in [0.5, 0.6) is 0 Å². The Kier molecular flexibility index (Phi) is 6.65. The summed E-state index contributed by atoms with van der Waals surface area (Å²) in [6.07, 6.45) is 2.47. The molecule has 1 heterocycles. The Labute approximate surface area is 116 Å². The first-order valence-electron chi connectivity index (χ1n) is 6.92. The normalized spacial score (nSPS) is 11.2. The van der Waals surface area contributed by atoms with E-state index < -0.39 is 0 Å². The van der Waals surface area contributed by atoms with E-state index in [4.69, 9.17) is 0 Å². The van der Waals surface area contributed by atoms with Gasteiger partial charge in [-0.2, -0.15) is 0 Å². The van der Waals surface area contributed by atoms with Crippen molar-refractivity contribution < 1.29 is 0 Å². The van der Waals surface area contributed by atoms with Gasteiger partial charge in [0, 0.05) is 25.0 Å². The highest BCUT2D eigenvalue weighted by atomic mass is 32.1. The molecule has 18 heavy (non-hydrogen) atoms. The Morgan fingerprint density at radius 2 is 2.11 bits per heavy atom. The van der Waals surface area contributed by atoms with Gasteiger partial charge in [0.25, 0.3) is 0 Å². The molecule has 0 aliphatic carbocycles. The predicted octanol–water partition coefficient (Wildman–Crippen LogP) is 3.43. The zero-order valence-corrected chi connectivity index (χ0v) is 13.2. The van der Waals surface area contributed by atoms with Crippen LogP contribution in [0.3, 0.4) is 0 Å². The van der Waals surface area contributed by atoms with E-state index in [1.165, 1.54) is 23.4 Å². The van der Waals surface area contributed by atoms with Gasteiger partial charge < -0.3 is 10.2 Å². The van der Waals surface area contributed by atoms with Crippen LogP contribution in [0.2, 0.25) is 0 Å². The Balaban J connectivity index is 2.52. The summed E-state index contributed by atoms with van der Waals surface area (Å²) in [4.78, 5) is 8.31. The lowest BCUT2D eigenvalue weighted by Crippen LogP contribution is -2.18. The summed E-state index contributed by atoms with van der Waals surface area (Å²) in [5.41, 5.74) is 1.18. The zero-order valence-electron chi connectivity index (χ0n) is 12.4. The molecule has 0 bridgehead atoms. The lowest BCUT2D eigenvalue weighted by Gasteiger charge is -2.14. The molecule has 1 rings (SSSR count). The molecule has 0 saturated heterocycles. The molecule has 0 unspecified atom stereocenters. The van der Waals surface area contributed by atoms with Crippen LogP contribution in [-0.4, -0.2) is 25.1 Å².